The number of hydrogen-bond acceptors (Lipinski definition) is 5. The smallest absolute Gasteiger partial charge is 0.243 e. The number of carbonyl (C=O) groups is 3. The molecule has 3 rings (SSSR count). The lowest BCUT2D eigenvalue weighted by Gasteiger charge is -2.28. The normalized spacial score (nSPS) is 13.5. The van der Waals surface area contributed by atoms with E-state index < -0.39 is 0 Å². The van der Waals surface area contributed by atoms with Gasteiger partial charge in [0.1, 0.15) is 0 Å². The van der Waals surface area contributed by atoms with Crippen molar-refractivity contribution in [1.82, 2.24) is 4.90 Å². The molecule has 170 valence electrons. The maximum atomic E-state index is 12.4. The van der Waals surface area contributed by atoms with Gasteiger partial charge in [-0.15, -0.1) is 0 Å². The van der Waals surface area contributed by atoms with E-state index in [2.05, 4.69) is 17.1 Å². The summed E-state index contributed by atoms with van der Waals surface area (Å²) < 4.78 is 5.37. The fourth-order valence-corrected chi connectivity index (χ4v) is 3.56. The second-order valence-electron chi connectivity index (χ2n) is 7.92. The lowest BCUT2D eigenvalue weighted by molar-refractivity contribution is -0.133. The van der Waals surface area contributed by atoms with Crippen molar-refractivity contribution in [3.05, 3.63) is 59.7 Å². The summed E-state index contributed by atoms with van der Waals surface area (Å²) >= 11 is 0. The molecule has 7 heteroatoms. The maximum absolute atomic E-state index is 12.4. The summed E-state index contributed by atoms with van der Waals surface area (Å²) in [5, 5.41) is 2.82. The summed E-state index contributed by atoms with van der Waals surface area (Å²) in [5.74, 6) is -0.581. The van der Waals surface area contributed by atoms with Gasteiger partial charge in [-0.2, -0.15) is 0 Å². The average molecular weight is 438 g/mol. The number of ether oxygens (including phenoxy) is 1. The van der Waals surface area contributed by atoms with Crippen molar-refractivity contribution in [2.45, 2.75) is 26.2 Å². The Morgan fingerprint density at radius 1 is 0.969 bits per heavy atom. The van der Waals surface area contributed by atoms with Gasteiger partial charge in [0.05, 0.1) is 19.8 Å². The predicted octanol–water partition coefficient (Wildman–Crippen LogP) is 3.15. The Labute approximate surface area is 189 Å². The molecule has 0 aromatic heterocycles. The second kappa shape index (κ2) is 11.4. The third kappa shape index (κ3) is 6.65. The standard InChI is InChI=1S/C25H31N3O4/c1-3-19-4-6-20(7-5-19)23(29)12-13-25(31)27(2)18-24(30)26-21-8-10-22(11-9-21)28-14-16-32-17-15-28/h4-11H,3,12-18H2,1-2H3,(H,26,30). The predicted molar refractivity (Wildman–Crippen MR) is 125 cm³/mol. The lowest BCUT2D eigenvalue weighted by atomic mass is 10.0. The summed E-state index contributed by atoms with van der Waals surface area (Å²) in [6.45, 7) is 5.13. The van der Waals surface area contributed by atoms with Gasteiger partial charge in [-0.3, -0.25) is 14.4 Å². The van der Waals surface area contributed by atoms with Crippen molar-refractivity contribution in [3.63, 3.8) is 0 Å². The quantitative estimate of drug-likeness (QED) is 0.610. The number of aryl methyl sites for hydroxylation is 1. The number of amides is 2. The molecule has 0 radical (unpaired) electrons. The molecule has 0 bridgehead atoms. The summed E-state index contributed by atoms with van der Waals surface area (Å²) in [6, 6.07) is 15.1. The number of morpholine rings is 1. The number of ketones is 1. The molecule has 0 aliphatic carbocycles. The number of carbonyl (C=O) groups excluding carboxylic acids is 3. The zero-order chi connectivity index (χ0) is 22.9. The van der Waals surface area contributed by atoms with Crippen LogP contribution in [0, 0.1) is 0 Å². The summed E-state index contributed by atoms with van der Waals surface area (Å²) in [6.07, 6.45) is 1.11. The Kier molecular flexibility index (Phi) is 8.39. The number of nitrogens with one attached hydrogen (secondary N) is 1. The van der Waals surface area contributed by atoms with Crippen molar-refractivity contribution in [2.75, 3.05) is 50.1 Å². The molecule has 0 unspecified atom stereocenters. The SMILES string of the molecule is CCc1ccc(C(=O)CCC(=O)N(C)CC(=O)Nc2ccc(N3CCOCC3)cc2)cc1. The van der Waals surface area contributed by atoms with E-state index in [4.69, 9.17) is 4.74 Å². The van der Waals surface area contributed by atoms with E-state index in [1.807, 2.05) is 36.4 Å². The van der Waals surface area contributed by atoms with Crippen LogP contribution in [0.25, 0.3) is 0 Å². The Morgan fingerprint density at radius 2 is 1.62 bits per heavy atom. The Hall–Kier alpha value is -3.19. The Balaban J connectivity index is 1.42. The molecular weight excluding hydrogens is 406 g/mol. The van der Waals surface area contributed by atoms with Gasteiger partial charge in [0, 0.05) is 49.9 Å². The van der Waals surface area contributed by atoms with Crippen molar-refractivity contribution >= 4 is 29.0 Å². The minimum atomic E-state index is -0.276. The van der Waals surface area contributed by atoms with Gasteiger partial charge < -0.3 is 19.9 Å². The van der Waals surface area contributed by atoms with Gasteiger partial charge in [-0.1, -0.05) is 31.2 Å². The molecule has 1 aliphatic heterocycles. The number of hydrogen-bond donors (Lipinski definition) is 1. The molecule has 2 aromatic rings. The third-order valence-electron chi connectivity index (χ3n) is 5.58. The van der Waals surface area contributed by atoms with E-state index in [0.29, 0.717) is 11.3 Å². The second-order valence-corrected chi connectivity index (χ2v) is 7.92. The van der Waals surface area contributed by atoms with Crippen molar-refractivity contribution in [3.8, 4) is 0 Å². The van der Waals surface area contributed by atoms with E-state index in [9.17, 15) is 14.4 Å². The van der Waals surface area contributed by atoms with Crippen molar-refractivity contribution in [1.29, 1.82) is 0 Å². The molecule has 1 saturated heterocycles. The first-order valence-electron chi connectivity index (χ1n) is 11.0. The molecule has 2 amide bonds. The van der Waals surface area contributed by atoms with Gasteiger partial charge >= 0.3 is 0 Å². The molecule has 32 heavy (non-hydrogen) atoms. The first kappa shape index (κ1) is 23.5. The average Bonchev–Trinajstić information content (AvgIpc) is 2.83. The molecule has 1 heterocycles. The van der Waals surface area contributed by atoms with Crippen LogP contribution in [0.15, 0.2) is 48.5 Å². The van der Waals surface area contributed by atoms with E-state index in [0.717, 1.165) is 38.4 Å². The van der Waals surface area contributed by atoms with Crippen LogP contribution < -0.4 is 10.2 Å². The highest BCUT2D eigenvalue weighted by Gasteiger charge is 2.16. The van der Waals surface area contributed by atoms with Crippen molar-refractivity contribution in [2.24, 2.45) is 0 Å². The van der Waals surface area contributed by atoms with Crippen LogP contribution in [0.3, 0.4) is 0 Å². The van der Waals surface area contributed by atoms with Crippen LogP contribution in [0.1, 0.15) is 35.7 Å². The summed E-state index contributed by atoms with van der Waals surface area (Å²) in [5.41, 5.74) is 3.54. The molecule has 1 N–H and O–H groups in total. The van der Waals surface area contributed by atoms with Crippen LogP contribution in [0.5, 0.6) is 0 Å². The number of anilines is 2. The van der Waals surface area contributed by atoms with Gasteiger partial charge in [-0.05, 0) is 36.2 Å². The van der Waals surface area contributed by atoms with Gasteiger partial charge in [0.15, 0.2) is 5.78 Å². The number of benzene rings is 2. The fourth-order valence-electron chi connectivity index (χ4n) is 3.56. The highest BCUT2D eigenvalue weighted by molar-refractivity contribution is 5.99. The Morgan fingerprint density at radius 3 is 2.25 bits per heavy atom. The number of nitrogens with zero attached hydrogens (tertiary/aromatic N) is 2. The number of Topliss-reactive ketones (excluding diaryl/α,β-unsaturated/α-hetero) is 1. The van der Waals surface area contributed by atoms with Gasteiger partial charge in [0.2, 0.25) is 11.8 Å². The van der Waals surface area contributed by atoms with Crippen LogP contribution in [0.2, 0.25) is 0 Å². The number of rotatable bonds is 9. The summed E-state index contributed by atoms with van der Waals surface area (Å²) in [4.78, 5) is 40.6. The molecule has 1 fully saturated rings. The van der Waals surface area contributed by atoms with Crippen LogP contribution >= 0.6 is 0 Å². The van der Waals surface area contributed by atoms with E-state index in [1.54, 1.807) is 19.2 Å². The highest BCUT2D eigenvalue weighted by Crippen LogP contribution is 2.19. The van der Waals surface area contributed by atoms with Gasteiger partial charge in [-0.25, -0.2) is 0 Å². The molecule has 2 aromatic carbocycles. The molecule has 0 atom stereocenters. The fraction of sp³-hybridized carbons (Fsp3) is 0.400. The van der Waals surface area contributed by atoms with Crippen LogP contribution in [-0.2, 0) is 20.7 Å². The minimum absolute atomic E-state index is 0.0660. The van der Waals surface area contributed by atoms with E-state index >= 15 is 0 Å². The Bertz CT molecular complexity index is 919. The monoisotopic (exact) mass is 437 g/mol. The largest absolute Gasteiger partial charge is 0.378 e. The van der Waals surface area contributed by atoms with Gasteiger partial charge in [0.25, 0.3) is 0 Å². The third-order valence-corrected chi connectivity index (χ3v) is 5.58. The molecule has 0 saturated carbocycles. The van der Waals surface area contributed by atoms with Crippen molar-refractivity contribution < 1.29 is 19.1 Å². The van der Waals surface area contributed by atoms with E-state index in [1.165, 1.54) is 10.5 Å². The van der Waals surface area contributed by atoms with Crippen LogP contribution in [-0.4, -0.2) is 62.4 Å². The summed E-state index contributed by atoms with van der Waals surface area (Å²) in [7, 11) is 1.57. The zero-order valence-corrected chi connectivity index (χ0v) is 18.8. The maximum Gasteiger partial charge on any atom is 0.243 e. The molecule has 1 aliphatic rings. The molecular formula is C25H31N3O4. The molecule has 0 spiro atoms. The highest BCUT2D eigenvalue weighted by atomic mass is 16.5. The molecule has 7 nitrogen and oxygen atoms in total. The topological polar surface area (TPSA) is 79.0 Å². The lowest BCUT2D eigenvalue weighted by Crippen LogP contribution is -2.36. The van der Waals surface area contributed by atoms with E-state index in [-0.39, 0.29) is 37.0 Å². The number of likely N-dealkylation sites (N-methyl/N-ethyl adjacent to an activating group) is 1. The zero-order valence-electron chi connectivity index (χ0n) is 18.8. The minimum Gasteiger partial charge on any atom is -0.378 e. The first-order valence-corrected chi connectivity index (χ1v) is 11.0. The van der Waals surface area contributed by atoms with Crippen LogP contribution in [0.4, 0.5) is 11.4 Å². The first-order chi connectivity index (χ1) is 15.5.